The molecule has 0 unspecified atom stereocenters. The molecule has 0 atom stereocenters. The lowest BCUT2D eigenvalue weighted by Crippen LogP contribution is -2.41. The lowest BCUT2D eigenvalue weighted by atomic mass is 9.95. The Bertz CT molecular complexity index is 1380. The van der Waals surface area contributed by atoms with Gasteiger partial charge in [-0.25, -0.2) is 14.0 Å². The van der Waals surface area contributed by atoms with Crippen LogP contribution in [0.4, 0.5) is 10.1 Å². The van der Waals surface area contributed by atoms with Crippen LogP contribution in [-0.2, 0) is 6.54 Å². The van der Waals surface area contributed by atoms with Gasteiger partial charge in [0.05, 0.1) is 28.7 Å². The number of halogens is 1. The Kier molecular flexibility index (Phi) is 6.45. The van der Waals surface area contributed by atoms with Gasteiger partial charge in [-0.3, -0.25) is 13.9 Å². The van der Waals surface area contributed by atoms with Gasteiger partial charge >= 0.3 is 11.7 Å². The first-order chi connectivity index (χ1) is 16.9. The van der Waals surface area contributed by atoms with Crippen molar-refractivity contribution < 1.29 is 14.3 Å². The normalized spacial score (nSPS) is 17.2. The minimum atomic E-state index is -1.08. The summed E-state index contributed by atoms with van der Waals surface area (Å²) in [5.41, 5.74) is 0.395. The van der Waals surface area contributed by atoms with Crippen molar-refractivity contribution >= 4 is 22.6 Å². The van der Waals surface area contributed by atoms with E-state index >= 15 is 4.39 Å². The maximum absolute atomic E-state index is 15.2. The van der Waals surface area contributed by atoms with Crippen LogP contribution < -0.4 is 16.6 Å². The Morgan fingerprint density at radius 2 is 1.71 bits per heavy atom. The van der Waals surface area contributed by atoms with Crippen LogP contribution >= 0.6 is 0 Å². The summed E-state index contributed by atoms with van der Waals surface area (Å²) in [7, 11) is 0. The van der Waals surface area contributed by atoms with E-state index in [1.54, 1.807) is 22.8 Å². The molecule has 0 aliphatic heterocycles. The Morgan fingerprint density at radius 1 is 1.00 bits per heavy atom. The van der Waals surface area contributed by atoms with Crippen molar-refractivity contribution in [2.24, 2.45) is 0 Å². The SMILES string of the molecule is O=C(O)c1cccc(Cn2c(=O)c3cc(F)c(NC4CCCCC4)cc3n(C3CCCC3)c2=O)c1. The number of rotatable bonds is 6. The van der Waals surface area contributed by atoms with Crippen LogP contribution in [0.1, 0.15) is 79.8 Å². The standard InChI is InChI=1S/C27H30FN3O4/c28-22-14-21-24(15-23(22)29-19-9-2-1-3-10-19)31(20-11-4-5-12-20)27(35)30(25(21)32)16-17-7-6-8-18(13-17)26(33)34/h6-8,13-15,19-20,29H,1-5,9-12,16H2,(H,33,34). The van der Waals surface area contributed by atoms with Gasteiger partial charge in [-0.2, -0.15) is 0 Å². The molecule has 0 spiro atoms. The number of aromatic nitrogens is 2. The predicted octanol–water partition coefficient (Wildman–Crippen LogP) is 4.91. The Morgan fingerprint density at radius 3 is 2.43 bits per heavy atom. The molecular formula is C27H30FN3O4. The number of carboxylic acid groups (broad SMARTS) is 1. The van der Waals surface area contributed by atoms with E-state index in [4.69, 9.17) is 0 Å². The molecule has 0 bridgehead atoms. The van der Waals surface area contributed by atoms with Crippen molar-refractivity contribution in [1.82, 2.24) is 9.13 Å². The minimum absolute atomic E-state index is 0.0600. The highest BCUT2D eigenvalue weighted by Crippen LogP contribution is 2.32. The summed E-state index contributed by atoms with van der Waals surface area (Å²) in [6.45, 7) is -0.0782. The number of hydrogen-bond acceptors (Lipinski definition) is 4. The zero-order valence-corrected chi connectivity index (χ0v) is 19.6. The first kappa shape index (κ1) is 23.3. The number of hydrogen-bond donors (Lipinski definition) is 2. The van der Waals surface area contributed by atoms with Gasteiger partial charge in [0.15, 0.2) is 0 Å². The van der Waals surface area contributed by atoms with Gasteiger partial charge in [-0.15, -0.1) is 0 Å². The smallest absolute Gasteiger partial charge is 0.335 e. The van der Waals surface area contributed by atoms with Gasteiger partial charge in [-0.1, -0.05) is 44.2 Å². The van der Waals surface area contributed by atoms with Crippen molar-refractivity contribution in [3.05, 3.63) is 74.2 Å². The van der Waals surface area contributed by atoms with Crippen LogP contribution in [-0.4, -0.2) is 26.3 Å². The number of nitrogens with one attached hydrogen (secondary N) is 1. The van der Waals surface area contributed by atoms with E-state index in [0.29, 0.717) is 16.8 Å². The van der Waals surface area contributed by atoms with Crippen molar-refractivity contribution in [2.75, 3.05) is 5.32 Å². The highest BCUT2D eigenvalue weighted by Gasteiger charge is 2.25. The average molecular weight is 480 g/mol. The first-order valence-electron chi connectivity index (χ1n) is 12.5. The largest absolute Gasteiger partial charge is 0.478 e. The van der Waals surface area contributed by atoms with Crippen LogP contribution in [0.5, 0.6) is 0 Å². The maximum atomic E-state index is 15.2. The molecule has 2 saturated carbocycles. The molecule has 0 saturated heterocycles. The van der Waals surface area contributed by atoms with E-state index in [-0.39, 0.29) is 29.6 Å². The molecule has 2 aliphatic carbocycles. The second-order valence-electron chi connectivity index (χ2n) is 9.82. The monoisotopic (exact) mass is 479 g/mol. The van der Waals surface area contributed by atoms with E-state index in [1.165, 1.54) is 24.6 Å². The topological polar surface area (TPSA) is 93.3 Å². The molecule has 7 nitrogen and oxygen atoms in total. The number of carboxylic acids is 1. The van der Waals surface area contributed by atoms with Gasteiger partial charge in [0, 0.05) is 12.1 Å². The molecule has 3 aromatic rings. The van der Waals surface area contributed by atoms with Crippen molar-refractivity contribution in [1.29, 1.82) is 0 Å². The van der Waals surface area contributed by atoms with Crippen molar-refractivity contribution in [3.63, 3.8) is 0 Å². The molecule has 0 radical (unpaired) electrons. The third-order valence-electron chi connectivity index (χ3n) is 7.43. The van der Waals surface area contributed by atoms with Crippen molar-refractivity contribution in [2.45, 2.75) is 76.4 Å². The zero-order chi connectivity index (χ0) is 24.5. The summed E-state index contributed by atoms with van der Waals surface area (Å²) in [5.74, 6) is -1.59. The Hall–Kier alpha value is -3.42. The molecule has 184 valence electrons. The fourth-order valence-corrected chi connectivity index (χ4v) is 5.62. The maximum Gasteiger partial charge on any atom is 0.335 e. The first-order valence-corrected chi connectivity index (χ1v) is 12.5. The number of nitrogens with zero attached hydrogens (tertiary/aromatic N) is 2. The van der Waals surface area contributed by atoms with Gasteiger partial charge in [0.2, 0.25) is 0 Å². The van der Waals surface area contributed by atoms with Crippen LogP contribution in [0, 0.1) is 5.82 Å². The third kappa shape index (κ3) is 4.61. The summed E-state index contributed by atoms with van der Waals surface area (Å²) < 4.78 is 18.0. The highest BCUT2D eigenvalue weighted by atomic mass is 19.1. The van der Waals surface area contributed by atoms with Crippen LogP contribution in [0.2, 0.25) is 0 Å². The summed E-state index contributed by atoms with van der Waals surface area (Å²) in [4.78, 5) is 38.5. The molecule has 5 rings (SSSR count). The second kappa shape index (κ2) is 9.68. The van der Waals surface area contributed by atoms with Gasteiger partial charge < -0.3 is 10.4 Å². The summed E-state index contributed by atoms with van der Waals surface area (Å²) >= 11 is 0. The highest BCUT2D eigenvalue weighted by molar-refractivity contribution is 5.87. The number of carbonyl (C=O) groups is 1. The fraction of sp³-hybridized carbons (Fsp3) is 0.444. The number of fused-ring (bicyclic) bond motifs is 1. The lowest BCUT2D eigenvalue weighted by Gasteiger charge is -2.25. The minimum Gasteiger partial charge on any atom is -0.478 e. The zero-order valence-electron chi connectivity index (χ0n) is 19.6. The third-order valence-corrected chi connectivity index (χ3v) is 7.43. The van der Waals surface area contributed by atoms with E-state index < -0.39 is 23.0 Å². The number of benzene rings is 2. The number of aromatic carboxylic acids is 1. The quantitative estimate of drug-likeness (QED) is 0.524. The molecule has 2 aromatic carbocycles. The number of anilines is 1. The van der Waals surface area contributed by atoms with E-state index in [2.05, 4.69) is 5.32 Å². The summed E-state index contributed by atoms with van der Waals surface area (Å²) in [6, 6.07) is 9.19. The van der Waals surface area contributed by atoms with E-state index in [9.17, 15) is 19.5 Å². The van der Waals surface area contributed by atoms with Gasteiger partial charge in [-0.05, 0) is 55.5 Å². The van der Waals surface area contributed by atoms with Gasteiger partial charge in [0.1, 0.15) is 5.82 Å². The molecule has 2 fully saturated rings. The van der Waals surface area contributed by atoms with E-state index in [1.807, 2.05) is 0 Å². The fourth-order valence-electron chi connectivity index (χ4n) is 5.62. The molecule has 1 heterocycles. The van der Waals surface area contributed by atoms with Crippen LogP contribution in [0.25, 0.3) is 10.9 Å². The Labute approximate surface area is 202 Å². The van der Waals surface area contributed by atoms with Crippen LogP contribution in [0.3, 0.4) is 0 Å². The average Bonchev–Trinajstić information content (AvgIpc) is 3.38. The second-order valence-corrected chi connectivity index (χ2v) is 9.82. The summed E-state index contributed by atoms with van der Waals surface area (Å²) in [6.07, 6.45) is 8.98. The van der Waals surface area contributed by atoms with E-state index in [0.717, 1.165) is 55.9 Å². The molecular weight excluding hydrogens is 449 g/mol. The van der Waals surface area contributed by atoms with Crippen molar-refractivity contribution in [3.8, 4) is 0 Å². The molecule has 2 aliphatic rings. The predicted molar refractivity (Wildman–Crippen MR) is 133 cm³/mol. The molecule has 0 amide bonds. The molecule has 8 heteroatoms. The molecule has 1 aromatic heterocycles. The molecule has 35 heavy (non-hydrogen) atoms. The summed E-state index contributed by atoms with van der Waals surface area (Å²) in [5, 5.41) is 12.8. The molecule has 2 N–H and O–H groups in total. The van der Waals surface area contributed by atoms with Crippen LogP contribution in [0.15, 0.2) is 46.0 Å². The van der Waals surface area contributed by atoms with Gasteiger partial charge in [0.25, 0.3) is 5.56 Å². The Balaban J connectivity index is 1.64. The lowest BCUT2D eigenvalue weighted by molar-refractivity contribution is 0.0696.